The predicted molar refractivity (Wildman–Crippen MR) is 99.8 cm³/mol. The fraction of sp³-hybridized carbons (Fsp3) is 0.0500. The maximum Gasteiger partial charge on any atom is 0.338 e. The predicted octanol–water partition coefficient (Wildman–Crippen LogP) is 4.15. The number of para-hydroxylation sites is 1. The van der Waals surface area contributed by atoms with Crippen LogP contribution in [0.4, 0.5) is 11.5 Å². The minimum Gasteiger partial charge on any atom is -0.478 e. The van der Waals surface area contributed by atoms with E-state index in [-0.39, 0.29) is 5.56 Å². The molecule has 0 aliphatic carbocycles. The van der Waals surface area contributed by atoms with Crippen molar-refractivity contribution in [2.45, 2.75) is 6.92 Å². The van der Waals surface area contributed by atoms with Crippen LogP contribution < -0.4 is 5.32 Å². The summed E-state index contributed by atoms with van der Waals surface area (Å²) in [6.45, 7) is 2.03. The van der Waals surface area contributed by atoms with Gasteiger partial charge in [0.05, 0.1) is 5.56 Å². The van der Waals surface area contributed by atoms with Crippen molar-refractivity contribution >= 4 is 23.3 Å². The third-order valence-electron chi connectivity index (χ3n) is 4.09. The quantitative estimate of drug-likeness (QED) is 0.581. The highest BCUT2D eigenvalue weighted by Crippen LogP contribution is 2.31. The Morgan fingerprint density at radius 2 is 1.81 bits per heavy atom. The largest absolute Gasteiger partial charge is 0.478 e. The van der Waals surface area contributed by atoms with Crippen LogP contribution >= 0.6 is 0 Å². The fourth-order valence-electron chi connectivity index (χ4n) is 2.73. The number of nitrogens with one attached hydrogen (secondary N) is 1. The van der Waals surface area contributed by atoms with Gasteiger partial charge in [0.15, 0.2) is 0 Å². The van der Waals surface area contributed by atoms with Gasteiger partial charge in [-0.3, -0.25) is 4.40 Å². The minimum atomic E-state index is -1.03. The first kappa shape index (κ1) is 15.8. The topological polar surface area (TPSA) is 79.5 Å². The molecule has 2 heterocycles. The summed E-state index contributed by atoms with van der Waals surface area (Å²) in [5.74, 6) is 0.0744. The molecule has 0 fully saturated rings. The summed E-state index contributed by atoms with van der Waals surface area (Å²) >= 11 is 0. The van der Waals surface area contributed by atoms with Gasteiger partial charge in [0.2, 0.25) is 5.78 Å². The van der Waals surface area contributed by atoms with Gasteiger partial charge in [0.1, 0.15) is 11.5 Å². The first-order valence-corrected chi connectivity index (χ1v) is 8.12. The van der Waals surface area contributed by atoms with Crippen molar-refractivity contribution in [3.05, 3.63) is 78.1 Å². The number of carboxylic acids is 1. The number of hydrogen-bond acceptors (Lipinski definition) is 4. The zero-order valence-electron chi connectivity index (χ0n) is 14.0. The van der Waals surface area contributed by atoms with Crippen molar-refractivity contribution in [2.75, 3.05) is 5.32 Å². The molecule has 0 radical (unpaired) electrons. The number of imidazole rings is 1. The van der Waals surface area contributed by atoms with Gasteiger partial charge in [0.25, 0.3) is 0 Å². The number of anilines is 2. The van der Waals surface area contributed by atoms with Crippen LogP contribution in [-0.2, 0) is 0 Å². The summed E-state index contributed by atoms with van der Waals surface area (Å²) in [5.41, 5.74) is 3.77. The first-order chi connectivity index (χ1) is 12.6. The fourth-order valence-corrected chi connectivity index (χ4v) is 2.73. The summed E-state index contributed by atoms with van der Waals surface area (Å²) in [7, 11) is 0. The molecule has 0 aliphatic heterocycles. The van der Waals surface area contributed by atoms with Gasteiger partial charge >= 0.3 is 5.97 Å². The van der Waals surface area contributed by atoms with E-state index in [4.69, 9.17) is 0 Å². The standard InChI is InChI=1S/C20H16N4O2/c1-13-7-9-14(10-8-13)17-18(22-16-5-3-2-4-6-16)24-12-15(19(25)26)11-21-20(24)23-17/h2-12,22H,1H3,(H,25,26). The van der Waals surface area contributed by atoms with E-state index < -0.39 is 5.97 Å². The van der Waals surface area contributed by atoms with Gasteiger partial charge in [-0.2, -0.15) is 0 Å². The molecule has 0 saturated heterocycles. The monoisotopic (exact) mass is 344 g/mol. The van der Waals surface area contributed by atoms with Crippen LogP contribution in [0.1, 0.15) is 15.9 Å². The molecular formula is C20H16N4O2. The summed E-state index contributed by atoms with van der Waals surface area (Å²) in [5, 5.41) is 12.6. The maximum absolute atomic E-state index is 11.3. The van der Waals surface area contributed by atoms with Crippen LogP contribution in [0, 0.1) is 6.92 Å². The first-order valence-electron chi connectivity index (χ1n) is 8.12. The van der Waals surface area contributed by atoms with E-state index in [1.807, 2.05) is 61.5 Å². The summed E-state index contributed by atoms with van der Waals surface area (Å²) < 4.78 is 1.67. The lowest BCUT2D eigenvalue weighted by molar-refractivity contribution is 0.0696. The van der Waals surface area contributed by atoms with E-state index >= 15 is 0 Å². The highest BCUT2D eigenvalue weighted by molar-refractivity contribution is 5.88. The van der Waals surface area contributed by atoms with Gasteiger partial charge in [-0.05, 0) is 19.1 Å². The smallest absolute Gasteiger partial charge is 0.338 e. The average Bonchev–Trinajstić information content (AvgIpc) is 3.01. The van der Waals surface area contributed by atoms with E-state index in [1.165, 1.54) is 12.4 Å². The Kier molecular flexibility index (Phi) is 3.85. The molecule has 2 aromatic carbocycles. The van der Waals surface area contributed by atoms with Crippen LogP contribution in [0.5, 0.6) is 0 Å². The molecule has 0 unspecified atom stereocenters. The molecule has 2 N–H and O–H groups in total. The summed E-state index contributed by atoms with van der Waals surface area (Å²) in [6, 6.07) is 17.7. The van der Waals surface area contributed by atoms with Crippen LogP contribution in [-0.4, -0.2) is 25.4 Å². The summed E-state index contributed by atoms with van der Waals surface area (Å²) in [6.07, 6.45) is 2.84. The molecule has 128 valence electrons. The Bertz CT molecular complexity index is 1090. The number of hydrogen-bond donors (Lipinski definition) is 2. The second-order valence-electron chi connectivity index (χ2n) is 5.98. The van der Waals surface area contributed by atoms with Crippen molar-refractivity contribution in [2.24, 2.45) is 0 Å². The number of aryl methyl sites for hydroxylation is 1. The second kappa shape index (κ2) is 6.33. The Morgan fingerprint density at radius 3 is 2.50 bits per heavy atom. The van der Waals surface area contributed by atoms with E-state index in [9.17, 15) is 9.90 Å². The Labute approximate surface area is 149 Å². The van der Waals surface area contributed by atoms with Crippen molar-refractivity contribution in [3.8, 4) is 11.3 Å². The molecule has 0 spiro atoms. The zero-order valence-corrected chi connectivity index (χ0v) is 14.0. The van der Waals surface area contributed by atoms with Crippen molar-refractivity contribution < 1.29 is 9.90 Å². The molecule has 4 aromatic rings. The second-order valence-corrected chi connectivity index (χ2v) is 5.98. The highest BCUT2D eigenvalue weighted by Gasteiger charge is 2.17. The molecule has 0 amide bonds. The molecule has 6 nitrogen and oxygen atoms in total. The van der Waals surface area contributed by atoms with Gasteiger partial charge in [-0.15, -0.1) is 0 Å². The Morgan fingerprint density at radius 1 is 1.08 bits per heavy atom. The number of aromatic carboxylic acids is 1. The van der Waals surface area contributed by atoms with Crippen LogP contribution in [0.15, 0.2) is 67.0 Å². The molecule has 4 rings (SSSR count). The Hall–Kier alpha value is -3.67. The van der Waals surface area contributed by atoms with Crippen LogP contribution in [0.2, 0.25) is 0 Å². The average molecular weight is 344 g/mol. The molecular weight excluding hydrogens is 328 g/mol. The summed E-state index contributed by atoms with van der Waals surface area (Å²) in [4.78, 5) is 20.1. The zero-order chi connectivity index (χ0) is 18.1. The lowest BCUT2D eigenvalue weighted by atomic mass is 10.1. The number of benzene rings is 2. The third kappa shape index (κ3) is 2.88. The maximum atomic E-state index is 11.3. The third-order valence-corrected chi connectivity index (χ3v) is 4.09. The number of carbonyl (C=O) groups is 1. The molecule has 6 heteroatoms. The number of aromatic nitrogens is 3. The van der Waals surface area contributed by atoms with Crippen molar-refractivity contribution in [3.63, 3.8) is 0 Å². The van der Waals surface area contributed by atoms with Gasteiger partial charge in [0, 0.05) is 23.6 Å². The number of rotatable bonds is 4. The Balaban J connectivity index is 1.93. The number of fused-ring (bicyclic) bond motifs is 1. The van der Waals surface area contributed by atoms with E-state index in [0.717, 1.165) is 16.8 Å². The molecule has 0 saturated carbocycles. The highest BCUT2D eigenvalue weighted by atomic mass is 16.4. The number of carboxylic acid groups (broad SMARTS) is 1. The lowest BCUT2D eigenvalue weighted by Crippen LogP contribution is -2.03. The SMILES string of the molecule is Cc1ccc(-c2nc3ncc(C(=O)O)cn3c2Nc2ccccc2)cc1. The van der Waals surface area contributed by atoms with Crippen molar-refractivity contribution in [1.82, 2.24) is 14.4 Å². The normalized spacial score (nSPS) is 10.8. The molecule has 26 heavy (non-hydrogen) atoms. The van der Waals surface area contributed by atoms with Gasteiger partial charge in [-0.1, -0.05) is 48.0 Å². The van der Waals surface area contributed by atoms with Gasteiger partial charge < -0.3 is 10.4 Å². The van der Waals surface area contributed by atoms with Crippen LogP contribution in [0.3, 0.4) is 0 Å². The van der Waals surface area contributed by atoms with Gasteiger partial charge in [-0.25, -0.2) is 14.8 Å². The minimum absolute atomic E-state index is 0.0986. The number of nitrogens with zero attached hydrogens (tertiary/aromatic N) is 3. The molecule has 2 aromatic heterocycles. The molecule has 0 bridgehead atoms. The van der Waals surface area contributed by atoms with E-state index in [0.29, 0.717) is 17.3 Å². The lowest BCUT2D eigenvalue weighted by Gasteiger charge is -2.09. The molecule has 0 atom stereocenters. The molecule has 0 aliphatic rings. The van der Waals surface area contributed by atoms with E-state index in [2.05, 4.69) is 15.3 Å². The van der Waals surface area contributed by atoms with E-state index in [1.54, 1.807) is 4.40 Å². The van der Waals surface area contributed by atoms with Crippen LogP contribution in [0.25, 0.3) is 17.0 Å². The van der Waals surface area contributed by atoms with Crippen molar-refractivity contribution in [1.29, 1.82) is 0 Å².